The number of amides is 2. The second-order valence-corrected chi connectivity index (χ2v) is 4.89. The van der Waals surface area contributed by atoms with Crippen molar-refractivity contribution in [3.05, 3.63) is 71.3 Å². The first-order valence-electron chi connectivity index (χ1n) is 7.07. The fourth-order valence-electron chi connectivity index (χ4n) is 1.92. The van der Waals surface area contributed by atoms with Gasteiger partial charge in [-0.15, -0.1) is 0 Å². The fraction of sp³-hybridized carbons (Fsp3) is 0.111. The molecule has 3 N–H and O–H groups in total. The number of hydrogen-bond acceptors (Lipinski definition) is 3. The Hall–Kier alpha value is -3.08. The summed E-state index contributed by atoms with van der Waals surface area (Å²) in [7, 11) is 1.61. The average Bonchev–Trinajstić information content (AvgIpc) is 2.59. The van der Waals surface area contributed by atoms with Crippen LogP contribution in [-0.2, 0) is 11.3 Å². The number of ether oxygens (including phenoxy) is 1. The topological polar surface area (TPSA) is 81.4 Å². The van der Waals surface area contributed by atoms with Gasteiger partial charge in [-0.05, 0) is 41.5 Å². The lowest BCUT2D eigenvalue weighted by Gasteiger charge is -2.03. The standard InChI is InChI=1S/C18H18N2O3/c1-23-16-9-4-13(5-10-16)6-11-17(21)20-12-14-2-7-15(8-3-14)18(19)22/h2-11H,12H2,1H3,(H2,19,22)(H,20,21)/b11-6+. The Morgan fingerprint density at radius 1 is 1.09 bits per heavy atom. The van der Waals surface area contributed by atoms with E-state index in [4.69, 9.17) is 10.5 Å². The third-order valence-electron chi connectivity index (χ3n) is 3.25. The molecule has 5 nitrogen and oxygen atoms in total. The van der Waals surface area contributed by atoms with Crippen molar-refractivity contribution in [2.24, 2.45) is 5.73 Å². The number of hydrogen-bond donors (Lipinski definition) is 2. The van der Waals surface area contributed by atoms with Crippen LogP contribution in [0.5, 0.6) is 5.75 Å². The molecule has 0 aliphatic carbocycles. The van der Waals surface area contributed by atoms with E-state index in [1.807, 2.05) is 24.3 Å². The van der Waals surface area contributed by atoms with Crippen molar-refractivity contribution in [2.75, 3.05) is 7.11 Å². The van der Waals surface area contributed by atoms with Gasteiger partial charge in [0.2, 0.25) is 11.8 Å². The summed E-state index contributed by atoms with van der Waals surface area (Å²) in [5.74, 6) is 0.105. The van der Waals surface area contributed by atoms with E-state index in [1.54, 1.807) is 37.5 Å². The molecule has 2 amide bonds. The molecular formula is C18H18N2O3. The molecule has 0 atom stereocenters. The van der Waals surface area contributed by atoms with Crippen LogP contribution in [0.2, 0.25) is 0 Å². The maximum atomic E-state index is 11.8. The molecular weight excluding hydrogens is 292 g/mol. The monoisotopic (exact) mass is 310 g/mol. The van der Waals surface area contributed by atoms with Crippen LogP contribution in [0.3, 0.4) is 0 Å². The molecule has 0 aliphatic rings. The molecule has 0 saturated heterocycles. The van der Waals surface area contributed by atoms with Crippen molar-refractivity contribution in [3.63, 3.8) is 0 Å². The normalized spacial score (nSPS) is 10.5. The largest absolute Gasteiger partial charge is 0.497 e. The molecule has 0 saturated carbocycles. The predicted octanol–water partition coefficient (Wildman–Crippen LogP) is 2.12. The Bertz CT molecular complexity index is 704. The van der Waals surface area contributed by atoms with E-state index in [2.05, 4.69) is 5.32 Å². The first kappa shape index (κ1) is 16.3. The summed E-state index contributed by atoms with van der Waals surface area (Å²) < 4.78 is 5.07. The number of nitrogens with two attached hydrogens (primary N) is 1. The predicted molar refractivity (Wildman–Crippen MR) is 88.8 cm³/mol. The minimum atomic E-state index is -0.469. The van der Waals surface area contributed by atoms with Crippen molar-refractivity contribution in [1.82, 2.24) is 5.32 Å². The number of nitrogens with one attached hydrogen (secondary N) is 1. The van der Waals surface area contributed by atoms with E-state index in [0.29, 0.717) is 12.1 Å². The van der Waals surface area contributed by atoms with Gasteiger partial charge in [-0.1, -0.05) is 24.3 Å². The number of carbonyl (C=O) groups is 2. The molecule has 5 heteroatoms. The highest BCUT2D eigenvalue weighted by Crippen LogP contribution is 2.12. The van der Waals surface area contributed by atoms with Gasteiger partial charge in [0, 0.05) is 18.2 Å². The zero-order chi connectivity index (χ0) is 16.7. The molecule has 0 spiro atoms. The van der Waals surface area contributed by atoms with Crippen LogP contribution >= 0.6 is 0 Å². The summed E-state index contributed by atoms with van der Waals surface area (Å²) in [5.41, 5.74) is 7.42. The van der Waals surface area contributed by atoms with E-state index in [9.17, 15) is 9.59 Å². The minimum absolute atomic E-state index is 0.195. The van der Waals surface area contributed by atoms with Gasteiger partial charge in [0.15, 0.2) is 0 Å². The highest BCUT2D eigenvalue weighted by atomic mass is 16.5. The van der Waals surface area contributed by atoms with E-state index >= 15 is 0 Å². The Balaban J connectivity index is 1.86. The summed E-state index contributed by atoms with van der Waals surface area (Å²) in [4.78, 5) is 22.8. The quantitative estimate of drug-likeness (QED) is 0.802. The fourth-order valence-corrected chi connectivity index (χ4v) is 1.92. The number of carbonyl (C=O) groups excluding carboxylic acids is 2. The Kier molecular flexibility index (Phi) is 5.52. The molecule has 23 heavy (non-hydrogen) atoms. The van der Waals surface area contributed by atoms with E-state index < -0.39 is 5.91 Å². The second kappa shape index (κ2) is 7.79. The minimum Gasteiger partial charge on any atom is -0.497 e. The van der Waals surface area contributed by atoms with Gasteiger partial charge in [0.05, 0.1) is 7.11 Å². The molecule has 2 rings (SSSR count). The van der Waals surface area contributed by atoms with Crippen molar-refractivity contribution in [2.45, 2.75) is 6.54 Å². The summed E-state index contributed by atoms with van der Waals surface area (Å²) >= 11 is 0. The van der Waals surface area contributed by atoms with E-state index in [0.717, 1.165) is 16.9 Å². The average molecular weight is 310 g/mol. The van der Waals surface area contributed by atoms with Gasteiger partial charge < -0.3 is 15.8 Å². The lowest BCUT2D eigenvalue weighted by atomic mass is 10.1. The molecule has 2 aromatic carbocycles. The summed E-state index contributed by atoms with van der Waals surface area (Å²) in [6, 6.07) is 14.2. The maximum absolute atomic E-state index is 11.8. The van der Waals surface area contributed by atoms with Crippen molar-refractivity contribution < 1.29 is 14.3 Å². The lowest BCUT2D eigenvalue weighted by Crippen LogP contribution is -2.20. The zero-order valence-electron chi connectivity index (χ0n) is 12.8. The number of rotatable bonds is 6. The lowest BCUT2D eigenvalue weighted by molar-refractivity contribution is -0.116. The Morgan fingerprint density at radius 2 is 1.74 bits per heavy atom. The van der Waals surface area contributed by atoms with Crippen LogP contribution in [0.1, 0.15) is 21.5 Å². The number of primary amides is 1. The Labute approximate surface area is 134 Å². The van der Waals surface area contributed by atoms with E-state index in [1.165, 1.54) is 6.08 Å². The molecule has 0 radical (unpaired) electrons. The van der Waals surface area contributed by atoms with Crippen LogP contribution in [0.4, 0.5) is 0 Å². The first-order chi connectivity index (χ1) is 11.1. The van der Waals surface area contributed by atoms with Gasteiger partial charge in [-0.2, -0.15) is 0 Å². The van der Waals surface area contributed by atoms with Gasteiger partial charge in [0.25, 0.3) is 0 Å². The third kappa shape index (κ3) is 5.00. The summed E-state index contributed by atoms with van der Waals surface area (Å²) in [6.07, 6.45) is 3.20. The van der Waals surface area contributed by atoms with Crippen LogP contribution in [0, 0.1) is 0 Å². The third-order valence-corrected chi connectivity index (χ3v) is 3.25. The van der Waals surface area contributed by atoms with Crippen molar-refractivity contribution >= 4 is 17.9 Å². The van der Waals surface area contributed by atoms with E-state index in [-0.39, 0.29) is 5.91 Å². The number of methoxy groups -OCH3 is 1. The highest BCUT2D eigenvalue weighted by molar-refractivity contribution is 5.93. The van der Waals surface area contributed by atoms with Crippen LogP contribution in [0.15, 0.2) is 54.6 Å². The molecule has 118 valence electrons. The molecule has 0 unspecified atom stereocenters. The molecule has 0 bridgehead atoms. The van der Waals surface area contributed by atoms with Crippen LogP contribution in [-0.4, -0.2) is 18.9 Å². The van der Waals surface area contributed by atoms with Gasteiger partial charge >= 0.3 is 0 Å². The van der Waals surface area contributed by atoms with Crippen molar-refractivity contribution in [3.8, 4) is 5.75 Å². The molecule has 2 aromatic rings. The first-order valence-corrected chi connectivity index (χ1v) is 7.07. The Morgan fingerprint density at radius 3 is 2.30 bits per heavy atom. The SMILES string of the molecule is COc1ccc(/C=C/C(=O)NCc2ccc(C(N)=O)cc2)cc1. The zero-order valence-corrected chi connectivity index (χ0v) is 12.8. The molecule has 0 aliphatic heterocycles. The summed E-state index contributed by atoms with van der Waals surface area (Å²) in [6.45, 7) is 0.380. The summed E-state index contributed by atoms with van der Waals surface area (Å²) in [5, 5.41) is 2.77. The maximum Gasteiger partial charge on any atom is 0.248 e. The van der Waals surface area contributed by atoms with Gasteiger partial charge in [0.1, 0.15) is 5.75 Å². The molecule has 0 fully saturated rings. The smallest absolute Gasteiger partial charge is 0.248 e. The second-order valence-electron chi connectivity index (χ2n) is 4.89. The highest BCUT2D eigenvalue weighted by Gasteiger charge is 2.01. The number of benzene rings is 2. The molecule has 0 heterocycles. The molecule has 0 aromatic heterocycles. The van der Waals surface area contributed by atoms with Crippen molar-refractivity contribution in [1.29, 1.82) is 0 Å². The van der Waals surface area contributed by atoms with Gasteiger partial charge in [-0.25, -0.2) is 0 Å². The van der Waals surface area contributed by atoms with Crippen LogP contribution in [0.25, 0.3) is 6.08 Å². The van der Waals surface area contributed by atoms with Gasteiger partial charge in [-0.3, -0.25) is 9.59 Å². The van der Waals surface area contributed by atoms with Crippen LogP contribution < -0.4 is 15.8 Å².